The summed E-state index contributed by atoms with van der Waals surface area (Å²) in [5.41, 5.74) is 4.21. The second-order valence-corrected chi connectivity index (χ2v) is 5.18. The number of aromatic nitrogens is 3. The summed E-state index contributed by atoms with van der Waals surface area (Å²) in [6.45, 7) is 2.80. The topological polar surface area (TPSA) is 50.8 Å². The lowest BCUT2D eigenvalue weighted by Crippen LogP contribution is -2.16. The molecule has 0 bridgehead atoms. The highest BCUT2D eigenvalue weighted by Crippen LogP contribution is 2.37. The van der Waals surface area contributed by atoms with E-state index in [1.165, 1.54) is 11.1 Å². The van der Waals surface area contributed by atoms with Crippen LogP contribution in [0.2, 0.25) is 0 Å². The van der Waals surface area contributed by atoms with Gasteiger partial charge in [-0.1, -0.05) is 18.2 Å². The number of fused-ring (bicyclic) bond motifs is 2. The number of pyridine rings is 1. The molecule has 100 valence electrons. The Hall–Kier alpha value is -2.36. The number of ether oxygens (including phenoxy) is 1. The molecule has 3 aromatic rings. The molecule has 0 amide bonds. The van der Waals surface area contributed by atoms with Gasteiger partial charge < -0.3 is 9.72 Å². The van der Waals surface area contributed by atoms with E-state index in [9.17, 15) is 0 Å². The number of aryl methyl sites for hydroxylation is 1. The van der Waals surface area contributed by atoms with Crippen LogP contribution >= 0.6 is 0 Å². The number of benzene rings is 1. The van der Waals surface area contributed by atoms with Gasteiger partial charge in [-0.25, -0.2) is 9.97 Å². The van der Waals surface area contributed by atoms with Gasteiger partial charge >= 0.3 is 0 Å². The van der Waals surface area contributed by atoms with Gasteiger partial charge in [0.25, 0.3) is 0 Å². The summed E-state index contributed by atoms with van der Waals surface area (Å²) in [5.74, 6) is 2.21. The maximum atomic E-state index is 5.72. The second-order valence-electron chi connectivity index (χ2n) is 5.18. The zero-order chi connectivity index (χ0) is 13.5. The number of nitrogens with zero attached hydrogens (tertiary/aromatic N) is 2. The minimum atomic E-state index is 0.258. The van der Waals surface area contributed by atoms with Crippen LogP contribution in [0.4, 0.5) is 0 Å². The Kier molecular flexibility index (Phi) is 2.49. The van der Waals surface area contributed by atoms with E-state index < -0.39 is 0 Å². The summed E-state index contributed by atoms with van der Waals surface area (Å²) in [6, 6.07) is 10.2. The van der Waals surface area contributed by atoms with E-state index in [1.807, 2.05) is 24.3 Å². The van der Waals surface area contributed by atoms with Crippen LogP contribution in [0.15, 0.2) is 36.5 Å². The molecule has 4 heteroatoms. The van der Waals surface area contributed by atoms with Crippen molar-refractivity contribution in [1.29, 1.82) is 0 Å². The monoisotopic (exact) mass is 265 g/mol. The fraction of sp³-hybridized carbons (Fsp3) is 0.250. The number of rotatable bonds is 1. The molecule has 1 N–H and O–H groups in total. The van der Waals surface area contributed by atoms with Crippen LogP contribution < -0.4 is 4.74 Å². The Bertz CT molecular complexity index is 778. The molecule has 1 aliphatic heterocycles. The molecule has 0 aliphatic carbocycles. The molecule has 20 heavy (non-hydrogen) atoms. The average molecular weight is 265 g/mol. The van der Waals surface area contributed by atoms with Crippen LogP contribution in [-0.4, -0.2) is 21.6 Å². The molecule has 1 unspecified atom stereocenters. The minimum Gasteiger partial charge on any atom is -0.493 e. The van der Waals surface area contributed by atoms with Crippen LogP contribution in [0, 0.1) is 6.92 Å². The van der Waals surface area contributed by atoms with Gasteiger partial charge in [-0.05, 0) is 31.0 Å². The molecule has 1 aliphatic rings. The second kappa shape index (κ2) is 4.34. The Morgan fingerprint density at radius 2 is 2.15 bits per heavy atom. The number of hydrogen-bond acceptors (Lipinski definition) is 3. The smallest absolute Gasteiger partial charge is 0.177 e. The summed E-state index contributed by atoms with van der Waals surface area (Å²) in [7, 11) is 0. The molecule has 1 aromatic carbocycles. The lowest BCUT2D eigenvalue weighted by Gasteiger charge is -2.24. The molecular formula is C16H15N3O. The molecule has 0 saturated heterocycles. The molecule has 0 saturated carbocycles. The van der Waals surface area contributed by atoms with E-state index in [0.717, 1.165) is 35.8 Å². The molecular weight excluding hydrogens is 250 g/mol. The van der Waals surface area contributed by atoms with E-state index >= 15 is 0 Å². The van der Waals surface area contributed by atoms with Crippen LogP contribution in [0.3, 0.4) is 0 Å². The number of nitrogens with one attached hydrogen (secondary N) is 1. The summed E-state index contributed by atoms with van der Waals surface area (Å²) < 4.78 is 5.72. The Balaban J connectivity index is 1.86. The van der Waals surface area contributed by atoms with E-state index in [-0.39, 0.29) is 5.92 Å². The number of hydrogen-bond donors (Lipinski definition) is 1. The van der Waals surface area contributed by atoms with E-state index in [2.05, 4.69) is 27.9 Å². The zero-order valence-electron chi connectivity index (χ0n) is 11.3. The van der Waals surface area contributed by atoms with Gasteiger partial charge in [0.15, 0.2) is 5.65 Å². The fourth-order valence-corrected chi connectivity index (χ4v) is 2.84. The van der Waals surface area contributed by atoms with Gasteiger partial charge in [0.2, 0.25) is 0 Å². The highest BCUT2D eigenvalue weighted by molar-refractivity contribution is 5.74. The number of para-hydroxylation sites is 1. The molecule has 2 aromatic heterocycles. The Morgan fingerprint density at radius 1 is 1.25 bits per heavy atom. The van der Waals surface area contributed by atoms with Gasteiger partial charge in [0, 0.05) is 17.7 Å². The molecule has 3 heterocycles. The third-order valence-electron chi connectivity index (χ3n) is 3.91. The standard InChI is InChI=1S/C16H15N3O/c1-10-6-8-17-16-14(10)18-15(19-16)12-7-9-20-13-5-3-2-4-11(12)13/h2-6,8,12H,7,9H2,1H3,(H,17,18,19). The first-order valence-corrected chi connectivity index (χ1v) is 6.86. The van der Waals surface area contributed by atoms with Crippen molar-refractivity contribution in [2.24, 2.45) is 0 Å². The third kappa shape index (κ3) is 1.68. The maximum Gasteiger partial charge on any atom is 0.177 e. The summed E-state index contributed by atoms with van der Waals surface area (Å²) >= 11 is 0. The fourth-order valence-electron chi connectivity index (χ4n) is 2.84. The van der Waals surface area contributed by atoms with Crippen molar-refractivity contribution in [1.82, 2.24) is 15.0 Å². The molecule has 0 spiro atoms. The summed E-state index contributed by atoms with van der Waals surface area (Å²) in [5, 5.41) is 0. The predicted molar refractivity (Wildman–Crippen MR) is 77.0 cm³/mol. The lowest BCUT2D eigenvalue weighted by atomic mass is 9.92. The van der Waals surface area contributed by atoms with Crippen LogP contribution in [-0.2, 0) is 0 Å². The Morgan fingerprint density at radius 3 is 3.05 bits per heavy atom. The first-order valence-electron chi connectivity index (χ1n) is 6.86. The molecule has 1 atom stereocenters. The lowest BCUT2D eigenvalue weighted by molar-refractivity contribution is 0.275. The van der Waals surface area contributed by atoms with Gasteiger partial charge in [-0.3, -0.25) is 0 Å². The first-order chi connectivity index (χ1) is 9.83. The van der Waals surface area contributed by atoms with Crippen molar-refractivity contribution >= 4 is 11.2 Å². The van der Waals surface area contributed by atoms with Crippen molar-refractivity contribution in [3.05, 3.63) is 53.5 Å². The first kappa shape index (κ1) is 11.5. The van der Waals surface area contributed by atoms with Crippen LogP contribution in [0.5, 0.6) is 5.75 Å². The van der Waals surface area contributed by atoms with Crippen molar-refractivity contribution in [3.8, 4) is 5.75 Å². The number of imidazole rings is 1. The Labute approximate surface area is 116 Å². The van der Waals surface area contributed by atoms with Crippen molar-refractivity contribution in [2.75, 3.05) is 6.61 Å². The maximum absolute atomic E-state index is 5.72. The number of aromatic amines is 1. The van der Waals surface area contributed by atoms with Gasteiger partial charge in [0.1, 0.15) is 11.6 Å². The highest BCUT2D eigenvalue weighted by Gasteiger charge is 2.25. The zero-order valence-corrected chi connectivity index (χ0v) is 11.3. The molecule has 4 nitrogen and oxygen atoms in total. The van der Waals surface area contributed by atoms with Crippen molar-refractivity contribution in [3.63, 3.8) is 0 Å². The van der Waals surface area contributed by atoms with E-state index in [4.69, 9.17) is 4.74 Å². The molecule has 4 rings (SSSR count). The summed E-state index contributed by atoms with van der Waals surface area (Å²) in [4.78, 5) is 12.5. The normalized spacial score (nSPS) is 17.8. The van der Waals surface area contributed by atoms with Crippen LogP contribution in [0.1, 0.15) is 29.3 Å². The highest BCUT2D eigenvalue weighted by atomic mass is 16.5. The predicted octanol–water partition coefficient (Wildman–Crippen LogP) is 3.18. The number of H-pyrrole nitrogens is 1. The van der Waals surface area contributed by atoms with Crippen molar-refractivity contribution in [2.45, 2.75) is 19.3 Å². The largest absolute Gasteiger partial charge is 0.493 e. The minimum absolute atomic E-state index is 0.258. The average Bonchev–Trinajstić information content (AvgIpc) is 2.92. The van der Waals surface area contributed by atoms with Crippen molar-refractivity contribution < 1.29 is 4.74 Å². The SMILES string of the molecule is Cc1ccnc2nc(C3CCOc4ccccc43)[nH]c12. The van der Waals surface area contributed by atoms with E-state index in [1.54, 1.807) is 6.20 Å². The van der Waals surface area contributed by atoms with Gasteiger partial charge in [0.05, 0.1) is 12.1 Å². The molecule has 0 fully saturated rings. The summed E-state index contributed by atoms with van der Waals surface area (Å²) in [6.07, 6.45) is 2.75. The van der Waals surface area contributed by atoms with Crippen LogP contribution in [0.25, 0.3) is 11.2 Å². The van der Waals surface area contributed by atoms with Gasteiger partial charge in [-0.2, -0.15) is 0 Å². The molecule has 0 radical (unpaired) electrons. The van der Waals surface area contributed by atoms with E-state index in [0.29, 0.717) is 0 Å². The third-order valence-corrected chi connectivity index (χ3v) is 3.91. The quantitative estimate of drug-likeness (QED) is 0.735. The van der Waals surface area contributed by atoms with Gasteiger partial charge in [-0.15, -0.1) is 0 Å².